The third-order valence-electron chi connectivity index (χ3n) is 3.92. The molecule has 0 spiro atoms. The molecular weight excluding hydrogens is 301 g/mol. The van der Waals surface area contributed by atoms with Gasteiger partial charge in [0.25, 0.3) is 0 Å². The maximum Gasteiger partial charge on any atom is 0.315 e. The summed E-state index contributed by atoms with van der Waals surface area (Å²) >= 11 is 0. The fraction of sp³-hybridized carbons (Fsp3) is 0.500. The summed E-state index contributed by atoms with van der Waals surface area (Å²) in [5, 5.41) is 3.11. The van der Waals surface area contributed by atoms with Crippen LogP contribution in [-0.4, -0.2) is 36.6 Å². The molecule has 2 aliphatic rings. The topological polar surface area (TPSA) is 84.7 Å². The van der Waals surface area contributed by atoms with Crippen molar-refractivity contribution in [3.8, 4) is 0 Å². The Morgan fingerprint density at radius 1 is 1.43 bits per heavy atom. The number of benzene rings is 1. The molecule has 0 aliphatic carbocycles. The third-order valence-corrected chi connectivity index (χ3v) is 3.92. The molecule has 0 radical (unpaired) electrons. The van der Waals surface area contributed by atoms with Gasteiger partial charge in [0.1, 0.15) is 5.82 Å². The standard InChI is InChI=1S/C9H9FN2O.C7H13NO2/c10-8-3-1-2-6-4-12(9(11)13)5-7(6)8;1-2-10-7(9)6-3-4-8-5-6/h1-3H,4-5H2,(H2,11,13);6,8H,2-5H2,1H3. The first-order chi connectivity index (χ1) is 11.0. The molecule has 0 aromatic heterocycles. The summed E-state index contributed by atoms with van der Waals surface area (Å²) in [5.74, 6) is -0.200. The van der Waals surface area contributed by atoms with Crippen LogP contribution in [0.15, 0.2) is 18.2 Å². The number of carbonyl (C=O) groups excluding carboxylic acids is 2. The van der Waals surface area contributed by atoms with Crippen molar-refractivity contribution < 1.29 is 18.7 Å². The molecular formula is C16H22FN3O3. The first kappa shape index (κ1) is 17.2. The Hall–Kier alpha value is -2.15. The van der Waals surface area contributed by atoms with Crippen LogP contribution in [0.5, 0.6) is 0 Å². The van der Waals surface area contributed by atoms with Gasteiger partial charge in [-0.25, -0.2) is 9.18 Å². The predicted octanol–water partition coefficient (Wildman–Crippen LogP) is 1.38. The molecule has 126 valence electrons. The van der Waals surface area contributed by atoms with E-state index >= 15 is 0 Å². The lowest BCUT2D eigenvalue weighted by molar-refractivity contribution is -0.147. The van der Waals surface area contributed by atoms with E-state index in [0.29, 0.717) is 18.7 Å². The molecule has 1 fully saturated rings. The minimum absolute atomic E-state index is 0.0486. The van der Waals surface area contributed by atoms with Crippen LogP contribution in [0.3, 0.4) is 0 Å². The number of nitrogens with one attached hydrogen (secondary N) is 1. The third kappa shape index (κ3) is 4.41. The van der Waals surface area contributed by atoms with Crippen molar-refractivity contribution in [3.05, 3.63) is 35.1 Å². The molecule has 1 aromatic rings. The number of carbonyl (C=O) groups is 2. The van der Waals surface area contributed by atoms with Crippen LogP contribution in [0.2, 0.25) is 0 Å². The Balaban J connectivity index is 0.000000174. The smallest absolute Gasteiger partial charge is 0.315 e. The number of esters is 1. The van der Waals surface area contributed by atoms with E-state index in [1.54, 1.807) is 12.1 Å². The van der Waals surface area contributed by atoms with Gasteiger partial charge < -0.3 is 20.7 Å². The van der Waals surface area contributed by atoms with E-state index in [2.05, 4.69) is 5.32 Å². The van der Waals surface area contributed by atoms with E-state index in [-0.39, 0.29) is 24.2 Å². The maximum absolute atomic E-state index is 13.1. The van der Waals surface area contributed by atoms with Crippen LogP contribution >= 0.6 is 0 Å². The Labute approximate surface area is 134 Å². The summed E-state index contributed by atoms with van der Waals surface area (Å²) < 4.78 is 18.0. The molecule has 0 saturated carbocycles. The Morgan fingerprint density at radius 3 is 2.78 bits per heavy atom. The van der Waals surface area contributed by atoms with E-state index < -0.39 is 6.03 Å². The summed E-state index contributed by atoms with van der Waals surface area (Å²) in [6.07, 6.45) is 0.929. The van der Waals surface area contributed by atoms with Crippen LogP contribution in [0.25, 0.3) is 0 Å². The number of primary amides is 1. The number of hydrogen-bond acceptors (Lipinski definition) is 4. The van der Waals surface area contributed by atoms with Crippen molar-refractivity contribution in [3.63, 3.8) is 0 Å². The first-order valence-corrected chi connectivity index (χ1v) is 7.71. The number of nitrogens with two attached hydrogens (primary N) is 1. The molecule has 7 heteroatoms. The van der Waals surface area contributed by atoms with Gasteiger partial charge >= 0.3 is 12.0 Å². The van der Waals surface area contributed by atoms with Gasteiger partial charge in [0.05, 0.1) is 19.1 Å². The molecule has 0 bridgehead atoms. The lowest BCUT2D eigenvalue weighted by Crippen LogP contribution is -2.30. The number of amides is 2. The molecule has 1 saturated heterocycles. The molecule has 2 amide bonds. The summed E-state index contributed by atoms with van der Waals surface area (Å²) in [7, 11) is 0. The zero-order valence-electron chi connectivity index (χ0n) is 13.2. The number of rotatable bonds is 2. The van der Waals surface area contributed by atoms with Gasteiger partial charge in [0.2, 0.25) is 0 Å². The van der Waals surface area contributed by atoms with Gasteiger partial charge in [0, 0.05) is 18.7 Å². The number of nitrogens with zero attached hydrogens (tertiary/aromatic N) is 1. The normalized spacial score (nSPS) is 18.9. The molecule has 1 unspecified atom stereocenters. The average Bonchev–Trinajstić information content (AvgIpc) is 3.18. The highest BCUT2D eigenvalue weighted by Gasteiger charge is 2.24. The van der Waals surface area contributed by atoms with E-state index in [1.807, 2.05) is 6.92 Å². The number of hydrogen-bond donors (Lipinski definition) is 2. The molecule has 6 nitrogen and oxygen atoms in total. The maximum atomic E-state index is 13.1. The Bertz CT molecular complexity index is 574. The van der Waals surface area contributed by atoms with Crippen LogP contribution in [-0.2, 0) is 22.6 Å². The second-order valence-corrected chi connectivity index (χ2v) is 5.51. The summed E-state index contributed by atoms with van der Waals surface area (Å²) in [6, 6.07) is 4.33. The van der Waals surface area contributed by atoms with Crippen molar-refractivity contribution in [1.29, 1.82) is 0 Å². The van der Waals surface area contributed by atoms with E-state index in [1.165, 1.54) is 11.0 Å². The van der Waals surface area contributed by atoms with Gasteiger partial charge in [-0.05, 0) is 31.5 Å². The van der Waals surface area contributed by atoms with Crippen molar-refractivity contribution in [1.82, 2.24) is 10.2 Å². The van der Waals surface area contributed by atoms with Crippen molar-refractivity contribution in [2.45, 2.75) is 26.4 Å². The van der Waals surface area contributed by atoms with E-state index in [9.17, 15) is 14.0 Å². The summed E-state index contributed by atoms with van der Waals surface area (Å²) in [6.45, 7) is 4.78. The Morgan fingerprint density at radius 2 is 2.22 bits per heavy atom. The van der Waals surface area contributed by atoms with Crippen LogP contribution in [0.1, 0.15) is 24.5 Å². The lowest BCUT2D eigenvalue weighted by atomic mass is 10.1. The SMILES string of the molecule is CCOC(=O)C1CCNC1.NC(=O)N1Cc2cccc(F)c2C1. The van der Waals surface area contributed by atoms with Crippen molar-refractivity contribution in [2.75, 3.05) is 19.7 Å². The fourth-order valence-corrected chi connectivity index (χ4v) is 2.65. The van der Waals surface area contributed by atoms with Crippen LogP contribution < -0.4 is 11.1 Å². The zero-order valence-corrected chi connectivity index (χ0v) is 13.2. The highest BCUT2D eigenvalue weighted by Crippen LogP contribution is 2.24. The largest absolute Gasteiger partial charge is 0.466 e. The van der Waals surface area contributed by atoms with Gasteiger partial charge in [-0.2, -0.15) is 0 Å². The second kappa shape index (κ2) is 7.92. The van der Waals surface area contributed by atoms with Gasteiger partial charge in [-0.15, -0.1) is 0 Å². The lowest BCUT2D eigenvalue weighted by Gasteiger charge is -2.10. The molecule has 1 atom stereocenters. The number of fused-ring (bicyclic) bond motifs is 1. The van der Waals surface area contributed by atoms with E-state index in [0.717, 1.165) is 25.1 Å². The number of ether oxygens (including phenoxy) is 1. The zero-order chi connectivity index (χ0) is 16.8. The number of urea groups is 1. The van der Waals surface area contributed by atoms with Crippen LogP contribution in [0.4, 0.5) is 9.18 Å². The van der Waals surface area contributed by atoms with E-state index in [4.69, 9.17) is 10.5 Å². The summed E-state index contributed by atoms with van der Waals surface area (Å²) in [4.78, 5) is 23.2. The molecule has 2 heterocycles. The quantitative estimate of drug-likeness (QED) is 0.805. The first-order valence-electron chi connectivity index (χ1n) is 7.71. The molecule has 3 N–H and O–H groups in total. The second-order valence-electron chi connectivity index (χ2n) is 5.51. The molecule has 1 aromatic carbocycles. The Kier molecular flexibility index (Phi) is 5.92. The van der Waals surface area contributed by atoms with Crippen LogP contribution in [0, 0.1) is 11.7 Å². The minimum Gasteiger partial charge on any atom is -0.466 e. The monoisotopic (exact) mass is 323 g/mol. The van der Waals surface area contributed by atoms with Crippen molar-refractivity contribution >= 4 is 12.0 Å². The highest BCUT2D eigenvalue weighted by molar-refractivity contribution is 5.73. The molecule has 23 heavy (non-hydrogen) atoms. The van der Waals surface area contributed by atoms with Gasteiger partial charge in [0.15, 0.2) is 0 Å². The van der Waals surface area contributed by atoms with Gasteiger partial charge in [-0.3, -0.25) is 4.79 Å². The molecule has 3 rings (SSSR count). The van der Waals surface area contributed by atoms with Gasteiger partial charge in [-0.1, -0.05) is 12.1 Å². The predicted molar refractivity (Wildman–Crippen MR) is 82.8 cm³/mol. The molecule has 2 aliphatic heterocycles. The highest BCUT2D eigenvalue weighted by atomic mass is 19.1. The van der Waals surface area contributed by atoms with Crippen molar-refractivity contribution in [2.24, 2.45) is 11.7 Å². The summed E-state index contributed by atoms with van der Waals surface area (Å²) in [5.41, 5.74) is 6.52. The average molecular weight is 323 g/mol. The minimum atomic E-state index is -0.504. The number of halogens is 1. The fourth-order valence-electron chi connectivity index (χ4n) is 2.65.